The van der Waals surface area contributed by atoms with Gasteiger partial charge >= 0.3 is 0 Å². The smallest absolute Gasteiger partial charge is 0.0933 e. The summed E-state index contributed by atoms with van der Waals surface area (Å²) in [6.45, 7) is 4.06. The van der Waals surface area contributed by atoms with E-state index in [2.05, 4.69) is 5.32 Å². The van der Waals surface area contributed by atoms with E-state index in [0.717, 1.165) is 0 Å². The van der Waals surface area contributed by atoms with E-state index < -0.39 is 6.10 Å². The lowest BCUT2D eigenvalue weighted by Crippen LogP contribution is -2.40. The Kier molecular flexibility index (Phi) is 6.77. The number of rotatable bonds is 8. The third-order valence-corrected chi connectivity index (χ3v) is 3.62. The Morgan fingerprint density at radius 2 is 2.47 bits per heavy atom. The molecule has 0 aliphatic carbocycles. The number of nitrogens with one attached hydrogen (secondary N) is 1. The SMILES string of the molecule is OC(CNCC1COCCO1)COCc1cccs1. The molecule has 0 saturated carbocycles. The summed E-state index contributed by atoms with van der Waals surface area (Å²) < 4.78 is 16.2. The van der Waals surface area contributed by atoms with Gasteiger partial charge in [0.2, 0.25) is 0 Å². The first kappa shape index (κ1) is 14.9. The lowest BCUT2D eigenvalue weighted by atomic mass is 10.3. The van der Waals surface area contributed by atoms with Crippen LogP contribution in [-0.4, -0.2) is 56.8 Å². The minimum Gasteiger partial charge on any atom is -0.389 e. The molecule has 2 N–H and O–H groups in total. The molecule has 1 aliphatic rings. The molecule has 2 rings (SSSR count). The molecule has 108 valence electrons. The number of hydrogen-bond acceptors (Lipinski definition) is 6. The van der Waals surface area contributed by atoms with Crippen molar-refractivity contribution in [2.24, 2.45) is 0 Å². The molecule has 6 heteroatoms. The largest absolute Gasteiger partial charge is 0.389 e. The molecule has 1 aromatic heterocycles. The van der Waals surface area contributed by atoms with Crippen LogP contribution in [0.25, 0.3) is 0 Å². The maximum atomic E-state index is 9.75. The molecule has 1 aromatic rings. The standard InChI is InChI=1S/C13H21NO4S/c15-11(8-17-10-13-2-1-5-19-13)6-14-7-12-9-16-3-4-18-12/h1-2,5,11-12,14-15H,3-4,6-10H2. The Labute approximate surface area is 117 Å². The highest BCUT2D eigenvalue weighted by Gasteiger charge is 2.14. The fraction of sp³-hybridized carbons (Fsp3) is 0.692. The van der Waals surface area contributed by atoms with Crippen LogP contribution in [0.3, 0.4) is 0 Å². The molecule has 2 heterocycles. The van der Waals surface area contributed by atoms with Crippen LogP contribution in [0.4, 0.5) is 0 Å². The zero-order valence-electron chi connectivity index (χ0n) is 10.9. The van der Waals surface area contributed by atoms with E-state index in [4.69, 9.17) is 14.2 Å². The van der Waals surface area contributed by atoms with Gasteiger partial charge in [0, 0.05) is 18.0 Å². The quantitative estimate of drug-likeness (QED) is 0.734. The molecule has 1 fully saturated rings. The van der Waals surface area contributed by atoms with Crippen LogP contribution in [0.2, 0.25) is 0 Å². The van der Waals surface area contributed by atoms with Crippen molar-refractivity contribution in [1.82, 2.24) is 5.32 Å². The van der Waals surface area contributed by atoms with E-state index in [-0.39, 0.29) is 6.10 Å². The summed E-state index contributed by atoms with van der Waals surface area (Å²) in [6, 6.07) is 4.02. The molecular weight excluding hydrogens is 266 g/mol. The van der Waals surface area contributed by atoms with Crippen LogP contribution >= 0.6 is 11.3 Å². The molecule has 1 aliphatic heterocycles. The summed E-state index contributed by atoms with van der Waals surface area (Å²) in [5.74, 6) is 0. The lowest BCUT2D eigenvalue weighted by Gasteiger charge is -2.23. The third-order valence-electron chi connectivity index (χ3n) is 2.77. The fourth-order valence-electron chi connectivity index (χ4n) is 1.81. The van der Waals surface area contributed by atoms with Crippen molar-refractivity contribution >= 4 is 11.3 Å². The van der Waals surface area contributed by atoms with Crippen LogP contribution in [0.5, 0.6) is 0 Å². The van der Waals surface area contributed by atoms with Gasteiger partial charge in [0.25, 0.3) is 0 Å². The van der Waals surface area contributed by atoms with Crippen molar-refractivity contribution in [3.63, 3.8) is 0 Å². The number of ether oxygens (including phenoxy) is 3. The minimum absolute atomic E-state index is 0.0907. The monoisotopic (exact) mass is 287 g/mol. The number of aliphatic hydroxyl groups excluding tert-OH is 1. The Hall–Kier alpha value is -0.500. The molecule has 0 aromatic carbocycles. The molecule has 1 saturated heterocycles. The zero-order chi connectivity index (χ0) is 13.3. The van der Waals surface area contributed by atoms with Gasteiger partial charge in [0.1, 0.15) is 0 Å². The summed E-state index contributed by atoms with van der Waals surface area (Å²) >= 11 is 1.66. The molecule has 19 heavy (non-hydrogen) atoms. The second-order valence-corrected chi connectivity index (χ2v) is 5.51. The van der Waals surface area contributed by atoms with Crippen molar-refractivity contribution < 1.29 is 19.3 Å². The van der Waals surface area contributed by atoms with E-state index in [0.29, 0.717) is 46.1 Å². The summed E-state index contributed by atoms with van der Waals surface area (Å²) in [7, 11) is 0. The molecule has 0 amide bonds. The normalized spacial score (nSPS) is 21.4. The van der Waals surface area contributed by atoms with Gasteiger partial charge in [-0.25, -0.2) is 0 Å². The van der Waals surface area contributed by atoms with Crippen molar-refractivity contribution in [2.75, 3.05) is 39.5 Å². The second kappa shape index (κ2) is 8.63. The Morgan fingerprint density at radius 3 is 3.21 bits per heavy atom. The lowest BCUT2D eigenvalue weighted by molar-refractivity contribution is -0.0871. The third kappa shape index (κ3) is 5.99. The van der Waals surface area contributed by atoms with Crippen molar-refractivity contribution in [3.05, 3.63) is 22.4 Å². The van der Waals surface area contributed by atoms with E-state index in [1.165, 1.54) is 4.88 Å². The first-order valence-corrected chi connectivity index (χ1v) is 7.41. The summed E-state index contributed by atoms with van der Waals surface area (Å²) in [5, 5.41) is 14.9. The molecule has 2 unspecified atom stereocenters. The number of aliphatic hydroxyl groups is 1. The van der Waals surface area contributed by atoms with E-state index in [1.807, 2.05) is 17.5 Å². The van der Waals surface area contributed by atoms with Crippen molar-refractivity contribution in [2.45, 2.75) is 18.8 Å². The Balaban J connectivity index is 1.48. The first-order valence-electron chi connectivity index (χ1n) is 6.53. The number of hydrogen-bond donors (Lipinski definition) is 2. The fourth-order valence-corrected chi connectivity index (χ4v) is 2.46. The average molecular weight is 287 g/mol. The van der Waals surface area contributed by atoms with Gasteiger partial charge in [-0.1, -0.05) is 6.07 Å². The second-order valence-electron chi connectivity index (χ2n) is 4.47. The summed E-state index contributed by atoms with van der Waals surface area (Å²) in [4.78, 5) is 1.17. The average Bonchev–Trinajstić information content (AvgIpc) is 2.93. The summed E-state index contributed by atoms with van der Waals surface area (Å²) in [5.41, 5.74) is 0. The predicted octanol–water partition coefficient (Wildman–Crippen LogP) is 0.631. The van der Waals surface area contributed by atoms with E-state index >= 15 is 0 Å². The van der Waals surface area contributed by atoms with E-state index in [9.17, 15) is 5.11 Å². The molecule has 0 spiro atoms. The maximum Gasteiger partial charge on any atom is 0.0933 e. The van der Waals surface area contributed by atoms with Gasteiger partial charge in [-0.15, -0.1) is 11.3 Å². The highest BCUT2D eigenvalue weighted by molar-refractivity contribution is 7.09. The maximum absolute atomic E-state index is 9.75. The van der Waals surface area contributed by atoms with Crippen LogP contribution < -0.4 is 5.32 Å². The molecule has 2 atom stereocenters. The first-order chi connectivity index (χ1) is 9.34. The minimum atomic E-state index is -0.496. The Bertz CT molecular complexity index is 327. The zero-order valence-corrected chi connectivity index (χ0v) is 11.7. The van der Waals surface area contributed by atoms with E-state index in [1.54, 1.807) is 11.3 Å². The predicted molar refractivity (Wildman–Crippen MR) is 73.4 cm³/mol. The number of thiophene rings is 1. The van der Waals surface area contributed by atoms with Crippen molar-refractivity contribution in [3.8, 4) is 0 Å². The van der Waals surface area contributed by atoms with Gasteiger partial charge < -0.3 is 24.6 Å². The van der Waals surface area contributed by atoms with Gasteiger partial charge in [-0.05, 0) is 11.4 Å². The van der Waals surface area contributed by atoms with Crippen molar-refractivity contribution in [1.29, 1.82) is 0 Å². The molecule has 5 nitrogen and oxygen atoms in total. The van der Waals surface area contributed by atoms with Crippen LogP contribution in [0, 0.1) is 0 Å². The van der Waals surface area contributed by atoms with Gasteiger partial charge in [0.05, 0.1) is 45.2 Å². The summed E-state index contributed by atoms with van der Waals surface area (Å²) in [6.07, 6.45) is -0.405. The van der Waals surface area contributed by atoms with Crippen LogP contribution in [0.1, 0.15) is 4.88 Å². The highest BCUT2D eigenvalue weighted by atomic mass is 32.1. The molecule has 0 bridgehead atoms. The van der Waals surface area contributed by atoms with Gasteiger partial charge in [0.15, 0.2) is 0 Å². The molecule has 0 radical (unpaired) electrons. The van der Waals surface area contributed by atoms with Crippen LogP contribution in [-0.2, 0) is 20.8 Å². The van der Waals surface area contributed by atoms with Gasteiger partial charge in [-0.2, -0.15) is 0 Å². The molecular formula is C13H21NO4S. The van der Waals surface area contributed by atoms with Crippen LogP contribution in [0.15, 0.2) is 17.5 Å². The Morgan fingerprint density at radius 1 is 1.53 bits per heavy atom. The topological polar surface area (TPSA) is 60.0 Å². The van der Waals surface area contributed by atoms with Gasteiger partial charge in [-0.3, -0.25) is 0 Å². The highest BCUT2D eigenvalue weighted by Crippen LogP contribution is 2.09.